The van der Waals surface area contributed by atoms with E-state index in [2.05, 4.69) is 19.2 Å². The normalized spacial score (nSPS) is 21.6. The minimum absolute atomic E-state index is 0.277. The van der Waals surface area contributed by atoms with Gasteiger partial charge in [-0.2, -0.15) is 0 Å². The summed E-state index contributed by atoms with van der Waals surface area (Å²) < 4.78 is 39.8. The lowest BCUT2D eigenvalue weighted by atomic mass is 9.99. The molecule has 0 amide bonds. The first-order valence-corrected chi connectivity index (χ1v) is 7.15. The molecule has 5 heteroatoms. The molecule has 0 aliphatic carbocycles. The summed E-state index contributed by atoms with van der Waals surface area (Å²) in [6, 6.07) is 2.44. The second-order valence-corrected chi connectivity index (χ2v) is 5.47. The number of nitrogens with one attached hydrogen (secondary N) is 1. The van der Waals surface area contributed by atoms with Gasteiger partial charge in [0.05, 0.1) is 0 Å². The average Bonchev–Trinajstić information content (AvgIpc) is 2.69. The lowest BCUT2D eigenvalue weighted by Crippen LogP contribution is -2.42. The molecule has 1 saturated heterocycles. The summed E-state index contributed by atoms with van der Waals surface area (Å²) in [4.78, 5) is 1.93. The Kier molecular flexibility index (Phi) is 4.91. The quantitative estimate of drug-likeness (QED) is 0.858. The fraction of sp³-hybridized carbons (Fsp3) is 0.600. The maximum absolute atomic E-state index is 13.4. The van der Waals surface area contributed by atoms with Crippen molar-refractivity contribution in [2.45, 2.75) is 32.7 Å². The average molecular weight is 286 g/mol. The van der Waals surface area contributed by atoms with Crippen molar-refractivity contribution in [2.24, 2.45) is 5.92 Å². The van der Waals surface area contributed by atoms with Crippen molar-refractivity contribution in [3.8, 4) is 0 Å². The Labute approximate surface area is 118 Å². The molecular formula is C15H21F3N2. The van der Waals surface area contributed by atoms with E-state index in [1.54, 1.807) is 0 Å². The largest absolute Gasteiger partial charge is 0.370 e. The standard InChI is InChI=1S/C15H21F3N2/c1-3-10(2)14-9-20(6-4-5-19-14)11-7-12(16)15(18)13(17)8-11/h7-8,10,14,19H,3-6,9H2,1-2H3. The van der Waals surface area contributed by atoms with Gasteiger partial charge in [0, 0.05) is 37.0 Å². The Morgan fingerprint density at radius 3 is 2.55 bits per heavy atom. The van der Waals surface area contributed by atoms with Crippen LogP contribution in [0.4, 0.5) is 18.9 Å². The molecule has 1 aromatic carbocycles. The molecule has 0 aromatic heterocycles. The van der Waals surface area contributed by atoms with Crippen LogP contribution in [0.3, 0.4) is 0 Å². The third-order valence-corrected chi connectivity index (χ3v) is 4.09. The first kappa shape index (κ1) is 15.2. The second kappa shape index (κ2) is 6.48. The Balaban J connectivity index is 2.22. The van der Waals surface area contributed by atoms with E-state index in [1.807, 2.05) is 4.90 Å². The maximum Gasteiger partial charge on any atom is 0.194 e. The van der Waals surface area contributed by atoms with Crippen molar-refractivity contribution < 1.29 is 13.2 Å². The highest BCUT2D eigenvalue weighted by Gasteiger charge is 2.23. The van der Waals surface area contributed by atoms with Gasteiger partial charge in [-0.1, -0.05) is 20.3 Å². The van der Waals surface area contributed by atoms with Crippen LogP contribution >= 0.6 is 0 Å². The lowest BCUT2D eigenvalue weighted by Gasteiger charge is -2.29. The topological polar surface area (TPSA) is 15.3 Å². The highest BCUT2D eigenvalue weighted by Crippen LogP contribution is 2.23. The molecule has 0 spiro atoms. The Bertz CT molecular complexity index is 441. The molecule has 0 bridgehead atoms. The summed E-state index contributed by atoms with van der Waals surface area (Å²) in [5.74, 6) is -3.18. The highest BCUT2D eigenvalue weighted by molar-refractivity contribution is 5.47. The molecule has 0 radical (unpaired) electrons. The van der Waals surface area contributed by atoms with E-state index in [-0.39, 0.29) is 6.04 Å². The fourth-order valence-corrected chi connectivity index (χ4v) is 2.58. The van der Waals surface area contributed by atoms with E-state index in [4.69, 9.17) is 0 Å². The molecule has 20 heavy (non-hydrogen) atoms. The number of anilines is 1. The van der Waals surface area contributed by atoms with E-state index < -0.39 is 17.5 Å². The van der Waals surface area contributed by atoms with E-state index in [0.29, 0.717) is 24.7 Å². The van der Waals surface area contributed by atoms with Crippen molar-refractivity contribution in [1.29, 1.82) is 0 Å². The Morgan fingerprint density at radius 2 is 1.95 bits per heavy atom. The molecule has 1 aromatic rings. The molecule has 112 valence electrons. The van der Waals surface area contributed by atoms with Gasteiger partial charge in [0.25, 0.3) is 0 Å². The summed E-state index contributed by atoms with van der Waals surface area (Å²) in [5, 5.41) is 3.47. The molecule has 2 unspecified atom stereocenters. The van der Waals surface area contributed by atoms with E-state index >= 15 is 0 Å². The van der Waals surface area contributed by atoms with Crippen molar-refractivity contribution in [1.82, 2.24) is 5.32 Å². The minimum atomic E-state index is -1.40. The van der Waals surface area contributed by atoms with Gasteiger partial charge in [0.15, 0.2) is 17.5 Å². The van der Waals surface area contributed by atoms with Crippen LogP contribution in [0.5, 0.6) is 0 Å². The molecule has 1 aliphatic rings. The Hall–Kier alpha value is -1.23. The van der Waals surface area contributed by atoms with Crippen LogP contribution in [-0.4, -0.2) is 25.7 Å². The van der Waals surface area contributed by atoms with Crippen LogP contribution < -0.4 is 10.2 Å². The predicted molar refractivity (Wildman–Crippen MR) is 74.4 cm³/mol. The van der Waals surface area contributed by atoms with Gasteiger partial charge in [-0.3, -0.25) is 0 Å². The van der Waals surface area contributed by atoms with E-state index in [1.165, 1.54) is 0 Å². The monoisotopic (exact) mass is 286 g/mol. The molecule has 1 heterocycles. The van der Waals surface area contributed by atoms with Gasteiger partial charge in [0.1, 0.15) is 0 Å². The third-order valence-electron chi connectivity index (χ3n) is 4.09. The van der Waals surface area contributed by atoms with Crippen molar-refractivity contribution in [3.63, 3.8) is 0 Å². The van der Waals surface area contributed by atoms with Gasteiger partial charge < -0.3 is 10.2 Å². The lowest BCUT2D eigenvalue weighted by molar-refractivity contribution is 0.383. The molecule has 2 nitrogen and oxygen atoms in total. The van der Waals surface area contributed by atoms with Crippen LogP contribution in [0.15, 0.2) is 12.1 Å². The van der Waals surface area contributed by atoms with Crippen molar-refractivity contribution in [2.75, 3.05) is 24.5 Å². The molecule has 2 atom stereocenters. The maximum atomic E-state index is 13.4. The van der Waals surface area contributed by atoms with Gasteiger partial charge >= 0.3 is 0 Å². The number of nitrogens with zero attached hydrogens (tertiary/aromatic N) is 1. The summed E-state index contributed by atoms with van der Waals surface area (Å²) in [7, 11) is 0. The van der Waals surface area contributed by atoms with Gasteiger partial charge in [-0.15, -0.1) is 0 Å². The van der Waals surface area contributed by atoms with Crippen LogP contribution in [0.1, 0.15) is 26.7 Å². The Morgan fingerprint density at radius 1 is 1.30 bits per heavy atom. The number of benzene rings is 1. The second-order valence-electron chi connectivity index (χ2n) is 5.47. The van der Waals surface area contributed by atoms with Crippen LogP contribution in [0.2, 0.25) is 0 Å². The SMILES string of the molecule is CCC(C)C1CN(c2cc(F)c(F)c(F)c2)CCCN1. The fourth-order valence-electron chi connectivity index (χ4n) is 2.58. The molecular weight excluding hydrogens is 265 g/mol. The smallest absolute Gasteiger partial charge is 0.194 e. The van der Waals surface area contributed by atoms with Crippen LogP contribution in [-0.2, 0) is 0 Å². The predicted octanol–water partition coefficient (Wildman–Crippen LogP) is 3.32. The summed E-state index contributed by atoms with van der Waals surface area (Å²) in [6.07, 6.45) is 1.94. The zero-order chi connectivity index (χ0) is 14.7. The van der Waals surface area contributed by atoms with Crippen LogP contribution in [0, 0.1) is 23.4 Å². The number of hydrogen-bond donors (Lipinski definition) is 1. The molecule has 2 rings (SSSR count). The van der Waals surface area contributed by atoms with Crippen molar-refractivity contribution >= 4 is 5.69 Å². The van der Waals surface area contributed by atoms with Crippen molar-refractivity contribution in [3.05, 3.63) is 29.6 Å². The minimum Gasteiger partial charge on any atom is -0.370 e. The van der Waals surface area contributed by atoms with Crippen LogP contribution in [0.25, 0.3) is 0 Å². The number of hydrogen-bond acceptors (Lipinski definition) is 2. The summed E-state index contributed by atoms with van der Waals surface area (Å²) in [5.41, 5.74) is 0.415. The molecule has 1 fully saturated rings. The first-order valence-electron chi connectivity index (χ1n) is 7.15. The molecule has 1 N–H and O–H groups in total. The zero-order valence-electron chi connectivity index (χ0n) is 11.9. The zero-order valence-corrected chi connectivity index (χ0v) is 11.9. The van der Waals surface area contributed by atoms with Gasteiger partial charge in [-0.05, 0) is 18.9 Å². The van der Waals surface area contributed by atoms with E-state index in [9.17, 15) is 13.2 Å². The van der Waals surface area contributed by atoms with E-state index in [0.717, 1.165) is 31.5 Å². The third kappa shape index (κ3) is 3.26. The number of rotatable bonds is 3. The summed E-state index contributed by atoms with van der Waals surface area (Å²) in [6.45, 7) is 6.56. The molecule has 0 saturated carbocycles. The highest BCUT2D eigenvalue weighted by atomic mass is 19.2. The number of halogens is 3. The van der Waals surface area contributed by atoms with Gasteiger partial charge in [0.2, 0.25) is 0 Å². The molecule has 1 aliphatic heterocycles. The van der Waals surface area contributed by atoms with Gasteiger partial charge in [-0.25, -0.2) is 13.2 Å². The summed E-state index contributed by atoms with van der Waals surface area (Å²) >= 11 is 0. The first-order chi connectivity index (χ1) is 9.52.